The van der Waals surface area contributed by atoms with Crippen LogP contribution >= 0.6 is 11.3 Å². The van der Waals surface area contributed by atoms with Gasteiger partial charge in [0.15, 0.2) is 0 Å². The van der Waals surface area contributed by atoms with Crippen molar-refractivity contribution in [2.24, 2.45) is 0 Å². The van der Waals surface area contributed by atoms with Crippen LogP contribution in [0.4, 0.5) is 0 Å². The molecule has 1 aliphatic heterocycles. The van der Waals surface area contributed by atoms with Gasteiger partial charge < -0.3 is 4.98 Å². The van der Waals surface area contributed by atoms with E-state index in [0.717, 1.165) is 18.9 Å². The van der Waals surface area contributed by atoms with E-state index < -0.39 is 0 Å². The SMILES string of the molecule is c1ccc(-c2ncc[nH]2)c(CN2CCC[C@H]2c2nccs2)c1. The lowest BCUT2D eigenvalue weighted by Crippen LogP contribution is -2.23. The van der Waals surface area contributed by atoms with E-state index >= 15 is 0 Å². The lowest BCUT2D eigenvalue weighted by Gasteiger charge is -2.23. The average Bonchev–Trinajstić information content (AvgIpc) is 3.30. The van der Waals surface area contributed by atoms with E-state index in [-0.39, 0.29) is 0 Å². The van der Waals surface area contributed by atoms with Crippen molar-refractivity contribution in [3.8, 4) is 11.4 Å². The average molecular weight is 310 g/mol. The molecule has 3 aromatic rings. The van der Waals surface area contributed by atoms with Gasteiger partial charge in [-0.2, -0.15) is 0 Å². The fraction of sp³-hybridized carbons (Fsp3) is 0.294. The predicted molar refractivity (Wildman–Crippen MR) is 88.5 cm³/mol. The van der Waals surface area contributed by atoms with E-state index in [1.54, 1.807) is 17.5 Å². The molecule has 1 aromatic carbocycles. The fourth-order valence-electron chi connectivity index (χ4n) is 3.21. The quantitative estimate of drug-likeness (QED) is 0.795. The molecular formula is C17H18N4S. The van der Waals surface area contributed by atoms with Crippen LogP contribution in [-0.2, 0) is 6.54 Å². The molecule has 2 aromatic heterocycles. The Labute approximate surface area is 133 Å². The molecule has 3 heterocycles. The maximum Gasteiger partial charge on any atom is 0.137 e. The van der Waals surface area contributed by atoms with Crippen LogP contribution in [0.1, 0.15) is 29.5 Å². The van der Waals surface area contributed by atoms with Crippen molar-refractivity contribution < 1.29 is 0 Å². The van der Waals surface area contributed by atoms with Crippen molar-refractivity contribution in [3.63, 3.8) is 0 Å². The maximum atomic E-state index is 4.52. The second-order valence-corrected chi connectivity index (χ2v) is 6.52. The highest BCUT2D eigenvalue weighted by atomic mass is 32.1. The van der Waals surface area contributed by atoms with Crippen molar-refractivity contribution in [1.29, 1.82) is 0 Å². The third-order valence-electron chi connectivity index (χ3n) is 4.24. The third-order valence-corrected chi connectivity index (χ3v) is 5.12. The van der Waals surface area contributed by atoms with Gasteiger partial charge in [-0.05, 0) is 24.9 Å². The first kappa shape index (κ1) is 13.7. The number of hydrogen-bond acceptors (Lipinski definition) is 4. The second-order valence-electron chi connectivity index (χ2n) is 5.59. The first-order valence-corrected chi connectivity index (χ1v) is 8.51. The maximum absolute atomic E-state index is 4.52. The number of likely N-dealkylation sites (tertiary alicyclic amines) is 1. The standard InChI is InChI=1S/C17H18N4S/c1-2-5-14(16-18-7-8-19-16)13(4-1)12-21-10-3-6-15(21)17-20-9-11-22-17/h1-2,4-5,7-9,11,15H,3,6,10,12H2,(H,18,19)/t15-/m0/s1. The summed E-state index contributed by atoms with van der Waals surface area (Å²) in [6.45, 7) is 2.08. The van der Waals surface area contributed by atoms with Gasteiger partial charge in [-0.15, -0.1) is 11.3 Å². The van der Waals surface area contributed by atoms with Crippen LogP contribution in [0, 0.1) is 0 Å². The zero-order valence-electron chi connectivity index (χ0n) is 12.3. The minimum Gasteiger partial charge on any atom is -0.345 e. The van der Waals surface area contributed by atoms with Gasteiger partial charge in [0.1, 0.15) is 10.8 Å². The van der Waals surface area contributed by atoms with Gasteiger partial charge in [0.25, 0.3) is 0 Å². The number of H-pyrrole nitrogens is 1. The number of rotatable bonds is 4. The van der Waals surface area contributed by atoms with Crippen molar-refractivity contribution in [3.05, 3.63) is 58.8 Å². The van der Waals surface area contributed by atoms with Crippen LogP contribution in [-0.4, -0.2) is 26.4 Å². The van der Waals surface area contributed by atoms with E-state index in [4.69, 9.17) is 0 Å². The van der Waals surface area contributed by atoms with Crippen molar-refractivity contribution in [2.45, 2.75) is 25.4 Å². The number of aromatic amines is 1. The molecule has 0 amide bonds. The topological polar surface area (TPSA) is 44.8 Å². The van der Waals surface area contributed by atoms with Crippen LogP contribution in [0.25, 0.3) is 11.4 Å². The molecule has 0 unspecified atom stereocenters. The monoisotopic (exact) mass is 310 g/mol. The molecule has 4 rings (SSSR count). The molecule has 1 fully saturated rings. The van der Waals surface area contributed by atoms with Crippen LogP contribution in [0.15, 0.2) is 48.2 Å². The Morgan fingerprint density at radius 3 is 3.00 bits per heavy atom. The van der Waals surface area contributed by atoms with Crippen molar-refractivity contribution in [2.75, 3.05) is 6.54 Å². The number of thiazole rings is 1. The smallest absolute Gasteiger partial charge is 0.137 e. The Morgan fingerprint density at radius 2 is 2.18 bits per heavy atom. The normalized spacial score (nSPS) is 18.8. The summed E-state index contributed by atoms with van der Waals surface area (Å²) in [6.07, 6.45) is 8.04. The minimum atomic E-state index is 0.463. The van der Waals surface area contributed by atoms with E-state index in [1.165, 1.54) is 29.0 Å². The first-order valence-electron chi connectivity index (χ1n) is 7.63. The molecule has 0 radical (unpaired) electrons. The summed E-state index contributed by atoms with van der Waals surface area (Å²) in [6, 6.07) is 8.99. The fourth-order valence-corrected chi connectivity index (χ4v) is 4.02. The molecule has 0 spiro atoms. The zero-order valence-corrected chi connectivity index (χ0v) is 13.1. The number of hydrogen-bond donors (Lipinski definition) is 1. The molecular weight excluding hydrogens is 292 g/mol. The lowest BCUT2D eigenvalue weighted by molar-refractivity contribution is 0.248. The molecule has 1 saturated heterocycles. The largest absolute Gasteiger partial charge is 0.345 e. The number of aromatic nitrogens is 3. The molecule has 0 bridgehead atoms. The highest BCUT2D eigenvalue weighted by Crippen LogP contribution is 2.35. The molecule has 1 atom stereocenters. The summed E-state index contributed by atoms with van der Waals surface area (Å²) in [7, 11) is 0. The Morgan fingerprint density at radius 1 is 1.23 bits per heavy atom. The third kappa shape index (κ3) is 2.58. The first-order chi connectivity index (χ1) is 10.9. The number of imidazole rings is 1. The summed E-state index contributed by atoms with van der Waals surface area (Å²) < 4.78 is 0. The summed E-state index contributed by atoms with van der Waals surface area (Å²) >= 11 is 1.77. The summed E-state index contributed by atoms with van der Waals surface area (Å²) in [5.74, 6) is 0.945. The molecule has 0 aliphatic carbocycles. The summed E-state index contributed by atoms with van der Waals surface area (Å²) in [5.41, 5.74) is 2.51. The van der Waals surface area contributed by atoms with Gasteiger partial charge >= 0.3 is 0 Å². The predicted octanol–water partition coefficient (Wildman–Crippen LogP) is 3.87. The van der Waals surface area contributed by atoms with Gasteiger partial charge in [-0.3, -0.25) is 4.90 Å². The van der Waals surface area contributed by atoms with Crippen LogP contribution in [0.5, 0.6) is 0 Å². The molecule has 1 N–H and O–H groups in total. The van der Waals surface area contributed by atoms with Crippen LogP contribution in [0.2, 0.25) is 0 Å². The van der Waals surface area contributed by atoms with Gasteiger partial charge in [0.05, 0.1) is 6.04 Å². The van der Waals surface area contributed by atoms with E-state index in [1.807, 2.05) is 12.4 Å². The van der Waals surface area contributed by atoms with Crippen molar-refractivity contribution in [1.82, 2.24) is 19.9 Å². The van der Waals surface area contributed by atoms with E-state index in [2.05, 4.69) is 49.5 Å². The lowest BCUT2D eigenvalue weighted by atomic mass is 10.1. The highest BCUT2D eigenvalue weighted by Gasteiger charge is 2.28. The van der Waals surface area contributed by atoms with E-state index in [9.17, 15) is 0 Å². The molecule has 4 nitrogen and oxygen atoms in total. The Bertz CT molecular complexity index is 721. The second kappa shape index (κ2) is 6.02. The van der Waals surface area contributed by atoms with Gasteiger partial charge in [-0.1, -0.05) is 24.3 Å². The van der Waals surface area contributed by atoms with Crippen LogP contribution < -0.4 is 0 Å². The number of nitrogens with zero attached hydrogens (tertiary/aromatic N) is 3. The van der Waals surface area contributed by atoms with Crippen molar-refractivity contribution >= 4 is 11.3 Å². The Kier molecular flexibility index (Phi) is 3.74. The van der Waals surface area contributed by atoms with Gasteiger partial charge in [-0.25, -0.2) is 9.97 Å². The molecule has 1 aliphatic rings. The minimum absolute atomic E-state index is 0.463. The van der Waals surface area contributed by atoms with Crippen LogP contribution in [0.3, 0.4) is 0 Å². The Balaban J connectivity index is 1.61. The molecule has 22 heavy (non-hydrogen) atoms. The van der Waals surface area contributed by atoms with E-state index in [0.29, 0.717) is 6.04 Å². The number of nitrogens with one attached hydrogen (secondary N) is 1. The Hall–Kier alpha value is -1.98. The molecule has 5 heteroatoms. The summed E-state index contributed by atoms with van der Waals surface area (Å²) in [4.78, 5) is 14.7. The number of benzene rings is 1. The van der Waals surface area contributed by atoms with Gasteiger partial charge in [0, 0.05) is 36.1 Å². The molecule has 112 valence electrons. The molecule has 0 saturated carbocycles. The van der Waals surface area contributed by atoms with Gasteiger partial charge in [0.2, 0.25) is 0 Å². The summed E-state index contributed by atoms with van der Waals surface area (Å²) in [5, 5.41) is 3.32. The zero-order chi connectivity index (χ0) is 14.8. The highest BCUT2D eigenvalue weighted by molar-refractivity contribution is 7.09.